The molecule has 0 rings (SSSR count). The van der Waals surface area contributed by atoms with E-state index in [0.717, 1.165) is 0 Å². The average Bonchev–Trinajstić information content (AvgIpc) is 1.84. The zero-order valence-electron chi connectivity index (χ0n) is 8.01. The molecule has 1 N–H and O–H groups in total. The maximum absolute atomic E-state index is 11.2. The summed E-state index contributed by atoms with van der Waals surface area (Å²) in [7, 11) is 1.75. The molecule has 0 fully saturated rings. The zero-order valence-corrected chi connectivity index (χ0v) is 8.01. The van der Waals surface area contributed by atoms with E-state index in [4.69, 9.17) is 0 Å². The molecular weight excluding hydrogens is 140 g/mol. The van der Waals surface area contributed by atoms with Gasteiger partial charge in [0.1, 0.15) is 0 Å². The van der Waals surface area contributed by atoms with Crippen LogP contribution in [0.25, 0.3) is 0 Å². The summed E-state index contributed by atoms with van der Waals surface area (Å²) in [4.78, 5) is 11.2. The maximum Gasteiger partial charge on any atom is 0.238 e. The van der Waals surface area contributed by atoms with Crippen LogP contribution in [0.2, 0.25) is 0 Å². The van der Waals surface area contributed by atoms with Gasteiger partial charge in [0, 0.05) is 19.0 Å². The van der Waals surface area contributed by atoms with Gasteiger partial charge in [0.15, 0.2) is 0 Å². The first-order valence-electron chi connectivity index (χ1n) is 3.99. The number of nitrogens with one attached hydrogen (secondary N) is 1. The van der Waals surface area contributed by atoms with Crippen LogP contribution in [-0.2, 0) is 4.79 Å². The second-order valence-corrected chi connectivity index (χ2v) is 3.34. The number of rotatable bonds is 3. The zero-order chi connectivity index (χ0) is 9.02. The Balaban J connectivity index is 3.83. The lowest BCUT2D eigenvalue weighted by Crippen LogP contribution is -2.45. The van der Waals surface area contributed by atoms with E-state index >= 15 is 0 Å². The molecule has 3 nitrogen and oxygen atoms in total. The fourth-order valence-electron chi connectivity index (χ4n) is 0.838. The van der Waals surface area contributed by atoms with Gasteiger partial charge >= 0.3 is 0 Å². The predicted octanol–water partition coefficient (Wildman–Crippen LogP) is 1.01. The monoisotopic (exact) mass is 158 g/mol. The summed E-state index contributed by atoms with van der Waals surface area (Å²) in [5, 5.41) is 1.55. The van der Waals surface area contributed by atoms with Gasteiger partial charge < -0.3 is 0 Å². The van der Waals surface area contributed by atoms with Crippen LogP contribution in [0.5, 0.6) is 0 Å². The van der Waals surface area contributed by atoms with Crippen molar-refractivity contribution in [2.75, 3.05) is 7.05 Å². The molecule has 1 amide bonds. The van der Waals surface area contributed by atoms with Crippen LogP contribution in [0, 0.1) is 5.92 Å². The minimum Gasteiger partial charge on any atom is -0.281 e. The van der Waals surface area contributed by atoms with Crippen molar-refractivity contribution in [1.82, 2.24) is 10.4 Å². The summed E-state index contributed by atoms with van der Waals surface area (Å²) in [6, 6.07) is 0.308. The van der Waals surface area contributed by atoms with Crippen LogP contribution in [0.15, 0.2) is 0 Å². The molecule has 0 aromatic rings. The highest BCUT2D eigenvalue weighted by atomic mass is 16.2. The number of hydrogen-bond donors (Lipinski definition) is 1. The summed E-state index contributed by atoms with van der Waals surface area (Å²) in [6.07, 6.45) is 0. The van der Waals surface area contributed by atoms with Gasteiger partial charge in [-0.15, -0.1) is 0 Å². The van der Waals surface area contributed by atoms with E-state index in [2.05, 4.69) is 5.43 Å². The number of hydrogen-bond acceptors (Lipinski definition) is 2. The second-order valence-electron chi connectivity index (χ2n) is 3.34. The lowest BCUT2D eigenvalue weighted by Gasteiger charge is -2.22. The number of nitrogens with zero attached hydrogens (tertiary/aromatic N) is 1. The van der Waals surface area contributed by atoms with Crippen LogP contribution < -0.4 is 5.43 Å². The van der Waals surface area contributed by atoms with Gasteiger partial charge in [-0.25, -0.2) is 5.43 Å². The van der Waals surface area contributed by atoms with Gasteiger partial charge in [0.25, 0.3) is 0 Å². The molecule has 0 bridgehead atoms. The van der Waals surface area contributed by atoms with Crippen LogP contribution in [-0.4, -0.2) is 24.0 Å². The Morgan fingerprint density at radius 2 is 1.73 bits per heavy atom. The molecule has 66 valence electrons. The molecule has 11 heavy (non-hydrogen) atoms. The Bertz CT molecular complexity index is 132. The first kappa shape index (κ1) is 10.4. The minimum atomic E-state index is 0.0613. The molecule has 0 aromatic heterocycles. The Morgan fingerprint density at radius 3 is 2.00 bits per heavy atom. The molecule has 0 aliphatic heterocycles. The molecule has 0 aliphatic carbocycles. The number of hydrazine groups is 1. The van der Waals surface area contributed by atoms with E-state index in [1.54, 1.807) is 12.1 Å². The Labute approximate surface area is 68.7 Å². The van der Waals surface area contributed by atoms with Crippen molar-refractivity contribution >= 4 is 5.91 Å². The van der Waals surface area contributed by atoms with E-state index in [9.17, 15) is 4.79 Å². The third kappa shape index (κ3) is 3.98. The third-order valence-electron chi connectivity index (χ3n) is 1.28. The third-order valence-corrected chi connectivity index (χ3v) is 1.28. The number of carbonyl (C=O) groups is 1. The molecule has 0 aliphatic rings. The topological polar surface area (TPSA) is 32.3 Å². The van der Waals surface area contributed by atoms with Crippen molar-refractivity contribution in [2.45, 2.75) is 33.7 Å². The van der Waals surface area contributed by atoms with Gasteiger partial charge in [-0.1, -0.05) is 13.8 Å². The largest absolute Gasteiger partial charge is 0.281 e. The molecule has 0 aromatic carbocycles. The predicted molar refractivity (Wildman–Crippen MR) is 45.9 cm³/mol. The number of carbonyl (C=O) groups excluding carboxylic acids is 1. The number of amides is 1. The summed E-state index contributed by atoms with van der Waals surface area (Å²) >= 11 is 0. The quantitative estimate of drug-likeness (QED) is 0.622. The summed E-state index contributed by atoms with van der Waals surface area (Å²) < 4.78 is 0. The Morgan fingerprint density at radius 1 is 1.27 bits per heavy atom. The highest BCUT2D eigenvalue weighted by Gasteiger charge is 2.12. The van der Waals surface area contributed by atoms with Crippen molar-refractivity contribution < 1.29 is 4.79 Å². The standard InChI is InChI=1S/C8H18N2O/c1-6(2)8(11)10(5)9-7(3)4/h6-7,9H,1-5H3. The highest BCUT2D eigenvalue weighted by Crippen LogP contribution is 1.96. The van der Waals surface area contributed by atoms with E-state index in [1.807, 2.05) is 27.7 Å². The van der Waals surface area contributed by atoms with Crippen molar-refractivity contribution in [3.63, 3.8) is 0 Å². The first-order chi connectivity index (χ1) is 4.95. The summed E-state index contributed by atoms with van der Waals surface area (Å²) in [5.41, 5.74) is 3.01. The lowest BCUT2D eigenvalue weighted by atomic mass is 10.2. The molecule has 0 unspecified atom stereocenters. The lowest BCUT2D eigenvalue weighted by molar-refractivity contribution is -0.136. The maximum atomic E-state index is 11.2. The van der Waals surface area contributed by atoms with Crippen LogP contribution in [0.1, 0.15) is 27.7 Å². The average molecular weight is 158 g/mol. The van der Waals surface area contributed by atoms with E-state index < -0.39 is 0 Å². The van der Waals surface area contributed by atoms with Crippen molar-refractivity contribution in [1.29, 1.82) is 0 Å². The Hall–Kier alpha value is -0.570. The molecule has 0 spiro atoms. The molecule has 0 saturated carbocycles. The molecular formula is C8H18N2O. The van der Waals surface area contributed by atoms with Crippen LogP contribution in [0.4, 0.5) is 0 Å². The van der Waals surface area contributed by atoms with E-state index in [-0.39, 0.29) is 11.8 Å². The van der Waals surface area contributed by atoms with Crippen molar-refractivity contribution in [3.05, 3.63) is 0 Å². The molecule has 0 atom stereocenters. The summed E-state index contributed by atoms with van der Waals surface area (Å²) in [5.74, 6) is 0.185. The summed E-state index contributed by atoms with van der Waals surface area (Å²) in [6.45, 7) is 7.79. The highest BCUT2D eigenvalue weighted by molar-refractivity contribution is 5.77. The van der Waals surface area contributed by atoms with Gasteiger partial charge in [-0.05, 0) is 13.8 Å². The normalized spacial score (nSPS) is 10.8. The van der Waals surface area contributed by atoms with Gasteiger partial charge in [0.05, 0.1) is 0 Å². The smallest absolute Gasteiger partial charge is 0.238 e. The van der Waals surface area contributed by atoms with E-state index in [1.165, 1.54) is 0 Å². The first-order valence-corrected chi connectivity index (χ1v) is 3.99. The fourth-order valence-corrected chi connectivity index (χ4v) is 0.838. The van der Waals surface area contributed by atoms with Crippen molar-refractivity contribution in [2.24, 2.45) is 5.92 Å². The SMILES string of the molecule is CC(C)NN(C)C(=O)C(C)C. The Kier molecular flexibility index (Phi) is 4.11. The molecule has 0 saturated heterocycles. The molecule has 0 heterocycles. The molecule has 0 radical (unpaired) electrons. The van der Waals surface area contributed by atoms with Crippen molar-refractivity contribution in [3.8, 4) is 0 Å². The minimum absolute atomic E-state index is 0.0613. The van der Waals surface area contributed by atoms with E-state index in [0.29, 0.717) is 6.04 Å². The molecule has 3 heteroatoms. The van der Waals surface area contributed by atoms with Gasteiger partial charge in [-0.2, -0.15) is 0 Å². The van der Waals surface area contributed by atoms with Crippen LogP contribution in [0.3, 0.4) is 0 Å². The second kappa shape index (κ2) is 4.34. The van der Waals surface area contributed by atoms with Gasteiger partial charge in [0.2, 0.25) is 5.91 Å². The van der Waals surface area contributed by atoms with Crippen LogP contribution >= 0.6 is 0 Å². The fraction of sp³-hybridized carbons (Fsp3) is 0.875. The van der Waals surface area contributed by atoms with Gasteiger partial charge in [-0.3, -0.25) is 9.80 Å².